The lowest BCUT2D eigenvalue weighted by molar-refractivity contribution is 0.146. The first kappa shape index (κ1) is 13.7. The fraction of sp³-hybridized carbons (Fsp3) is 0.600. The van der Waals surface area contributed by atoms with Gasteiger partial charge in [0.25, 0.3) is 0 Å². The highest BCUT2D eigenvalue weighted by Crippen LogP contribution is 2.36. The normalized spacial score (nSPS) is 22.4. The van der Waals surface area contributed by atoms with Crippen molar-refractivity contribution in [2.75, 3.05) is 0 Å². The van der Waals surface area contributed by atoms with E-state index in [1.807, 2.05) is 18.2 Å². The predicted molar refractivity (Wildman–Crippen MR) is 76.2 cm³/mol. The Morgan fingerprint density at radius 2 is 2.17 bits per heavy atom. The monoisotopic (exact) mass is 267 g/mol. The third kappa shape index (κ3) is 3.39. The van der Waals surface area contributed by atoms with Crippen LogP contribution in [0.1, 0.15) is 57.1 Å². The minimum absolute atomic E-state index is 0.0589. The highest BCUT2D eigenvalue weighted by Gasteiger charge is 2.25. The lowest BCUT2D eigenvalue weighted by Crippen LogP contribution is -2.29. The molecule has 1 heterocycles. The highest BCUT2D eigenvalue weighted by molar-refractivity contribution is 6.30. The zero-order valence-electron chi connectivity index (χ0n) is 11.0. The lowest BCUT2D eigenvalue weighted by Gasteiger charge is -2.30. The maximum absolute atomic E-state index is 6.20. The fourth-order valence-electron chi connectivity index (χ4n) is 2.53. The van der Waals surface area contributed by atoms with E-state index in [0.717, 1.165) is 29.2 Å². The topological polar surface area (TPSA) is 35.2 Å². The van der Waals surface area contributed by atoms with Gasteiger partial charge in [-0.05, 0) is 31.0 Å². The van der Waals surface area contributed by atoms with Gasteiger partial charge in [0.15, 0.2) is 0 Å². The SMILES string of the molecule is CCCCCCC1CC(N)c2cc(Cl)ccc2O1. The molecular weight excluding hydrogens is 246 g/mol. The van der Waals surface area contributed by atoms with Gasteiger partial charge in [-0.25, -0.2) is 0 Å². The Bertz CT molecular complexity index is 394. The van der Waals surface area contributed by atoms with Crippen molar-refractivity contribution in [3.05, 3.63) is 28.8 Å². The molecule has 0 saturated carbocycles. The molecule has 2 atom stereocenters. The Morgan fingerprint density at radius 3 is 2.94 bits per heavy atom. The van der Waals surface area contributed by atoms with Gasteiger partial charge in [0, 0.05) is 23.0 Å². The van der Waals surface area contributed by atoms with Gasteiger partial charge in [-0.3, -0.25) is 0 Å². The van der Waals surface area contributed by atoms with Crippen LogP contribution in [-0.4, -0.2) is 6.10 Å². The van der Waals surface area contributed by atoms with Crippen LogP contribution in [0.3, 0.4) is 0 Å². The maximum atomic E-state index is 6.20. The van der Waals surface area contributed by atoms with Crippen LogP contribution in [0.25, 0.3) is 0 Å². The molecule has 0 amide bonds. The van der Waals surface area contributed by atoms with Crippen LogP contribution in [-0.2, 0) is 0 Å². The van der Waals surface area contributed by atoms with E-state index in [4.69, 9.17) is 22.1 Å². The van der Waals surface area contributed by atoms with Crippen molar-refractivity contribution in [1.29, 1.82) is 0 Å². The molecule has 0 bridgehead atoms. The van der Waals surface area contributed by atoms with Gasteiger partial charge < -0.3 is 10.5 Å². The summed E-state index contributed by atoms with van der Waals surface area (Å²) >= 11 is 5.99. The molecule has 0 aliphatic carbocycles. The van der Waals surface area contributed by atoms with Crippen molar-refractivity contribution in [2.45, 2.75) is 57.6 Å². The molecule has 100 valence electrons. The van der Waals surface area contributed by atoms with Crippen LogP contribution >= 0.6 is 11.6 Å². The van der Waals surface area contributed by atoms with Crippen molar-refractivity contribution in [3.8, 4) is 5.75 Å². The molecule has 1 aromatic rings. The van der Waals surface area contributed by atoms with E-state index in [1.54, 1.807) is 0 Å². The van der Waals surface area contributed by atoms with Crippen LogP contribution < -0.4 is 10.5 Å². The van der Waals surface area contributed by atoms with E-state index in [9.17, 15) is 0 Å². The molecule has 1 aliphatic heterocycles. The quantitative estimate of drug-likeness (QED) is 0.800. The highest BCUT2D eigenvalue weighted by atomic mass is 35.5. The molecule has 2 nitrogen and oxygen atoms in total. The fourth-order valence-corrected chi connectivity index (χ4v) is 2.71. The molecule has 2 unspecified atom stereocenters. The van der Waals surface area contributed by atoms with Gasteiger partial charge in [-0.2, -0.15) is 0 Å². The molecule has 0 saturated heterocycles. The Hall–Kier alpha value is -0.730. The summed E-state index contributed by atoms with van der Waals surface area (Å²) in [5, 5.41) is 0.731. The summed E-state index contributed by atoms with van der Waals surface area (Å²) in [4.78, 5) is 0. The molecule has 0 aromatic heterocycles. The third-order valence-corrected chi connectivity index (χ3v) is 3.80. The van der Waals surface area contributed by atoms with Crippen LogP contribution in [0.15, 0.2) is 18.2 Å². The predicted octanol–water partition coefficient (Wildman–Crippen LogP) is 4.46. The Labute approximate surface area is 114 Å². The third-order valence-electron chi connectivity index (χ3n) is 3.56. The molecule has 0 radical (unpaired) electrons. The molecule has 1 aliphatic rings. The van der Waals surface area contributed by atoms with Crippen molar-refractivity contribution in [3.63, 3.8) is 0 Å². The molecule has 2 N–H and O–H groups in total. The minimum atomic E-state index is 0.0589. The second-order valence-corrected chi connectivity index (χ2v) is 5.55. The smallest absolute Gasteiger partial charge is 0.124 e. The van der Waals surface area contributed by atoms with Gasteiger partial charge in [-0.1, -0.05) is 37.8 Å². The first-order valence-electron chi connectivity index (χ1n) is 6.92. The van der Waals surface area contributed by atoms with E-state index in [1.165, 1.54) is 25.7 Å². The van der Waals surface area contributed by atoms with Gasteiger partial charge in [0.1, 0.15) is 11.9 Å². The van der Waals surface area contributed by atoms with Crippen LogP contribution in [0.4, 0.5) is 0 Å². The lowest BCUT2D eigenvalue weighted by atomic mass is 9.94. The zero-order valence-corrected chi connectivity index (χ0v) is 11.7. The van der Waals surface area contributed by atoms with Crippen LogP contribution in [0.2, 0.25) is 5.02 Å². The molecule has 3 heteroatoms. The number of nitrogens with two attached hydrogens (primary N) is 1. The van der Waals surface area contributed by atoms with Crippen molar-refractivity contribution in [2.24, 2.45) is 5.73 Å². The summed E-state index contributed by atoms with van der Waals surface area (Å²) < 4.78 is 6.00. The van der Waals surface area contributed by atoms with Crippen molar-refractivity contribution >= 4 is 11.6 Å². The molecule has 0 spiro atoms. The number of unbranched alkanes of at least 4 members (excludes halogenated alkanes) is 3. The number of rotatable bonds is 5. The average molecular weight is 268 g/mol. The Balaban J connectivity index is 1.93. The van der Waals surface area contributed by atoms with E-state index in [-0.39, 0.29) is 12.1 Å². The first-order chi connectivity index (χ1) is 8.70. The molecule has 2 rings (SSSR count). The number of hydrogen-bond acceptors (Lipinski definition) is 2. The molecule has 18 heavy (non-hydrogen) atoms. The van der Waals surface area contributed by atoms with Gasteiger partial charge >= 0.3 is 0 Å². The summed E-state index contributed by atoms with van der Waals surface area (Å²) in [6.07, 6.45) is 7.38. The number of fused-ring (bicyclic) bond motifs is 1. The van der Waals surface area contributed by atoms with E-state index >= 15 is 0 Å². The van der Waals surface area contributed by atoms with E-state index in [0.29, 0.717) is 0 Å². The van der Waals surface area contributed by atoms with Gasteiger partial charge in [0.05, 0.1) is 0 Å². The minimum Gasteiger partial charge on any atom is -0.490 e. The zero-order chi connectivity index (χ0) is 13.0. The standard InChI is InChI=1S/C15H22ClNO/c1-2-3-4-5-6-12-10-14(17)13-9-11(16)7-8-15(13)18-12/h7-9,12,14H,2-6,10,17H2,1H3. The van der Waals surface area contributed by atoms with Crippen molar-refractivity contribution in [1.82, 2.24) is 0 Å². The van der Waals surface area contributed by atoms with Crippen LogP contribution in [0.5, 0.6) is 5.75 Å². The maximum Gasteiger partial charge on any atom is 0.124 e. The van der Waals surface area contributed by atoms with Gasteiger partial charge in [-0.15, -0.1) is 0 Å². The number of hydrogen-bond donors (Lipinski definition) is 1. The summed E-state index contributed by atoms with van der Waals surface area (Å²) in [6.45, 7) is 2.23. The Morgan fingerprint density at radius 1 is 1.33 bits per heavy atom. The Kier molecular flexibility index (Phi) is 4.90. The number of ether oxygens (including phenoxy) is 1. The average Bonchev–Trinajstić information content (AvgIpc) is 2.36. The number of benzene rings is 1. The van der Waals surface area contributed by atoms with Gasteiger partial charge in [0.2, 0.25) is 0 Å². The molecule has 1 aromatic carbocycles. The van der Waals surface area contributed by atoms with E-state index < -0.39 is 0 Å². The van der Waals surface area contributed by atoms with Crippen molar-refractivity contribution < 1.29 is 4.74 Å². The largest absolute Gasteiger partial charge is 0.490 e. The van der Waals surface area contributed by atoms with Crippen LogP contribution in [0, 0.1) is 0 Å². The summed E-state index contributed by atoms with van der Waals surface area (Å²) in [7, 11) is 0. The second-order valence-electron chi connectivity index (χ2n) is 5.11. The molecule has 0 fully saturated rings. The number of halogens is 1. The summed E-state index contributed by atoms with van der Waals surface area (Å²) in [6, 6.07) is 5.79. The first-order valence-corrected chi connectivity index (χ1v) is 7.30. The summed E-state index contributed by atoms with van der Waals surface area (Å²) in [5.41, 5.74) is 7.25. The summed E-state index contributed by atoms with van der Waals surface area (Å²) in [5.74, 6) is 0.915. The van der Waals surface area contributed by atoms with E-state index in [2.05, 4.69) is 6.92 Å². The molecular formula is C15H22ClNO. The second kappa shape index (κ2) is 6.44.